The maximum absolute atomic E-state index is 13.5. The van der Waals surface area contributed by atoms with Gasteiger partial charge in [0.25, 0.3) is 0 Å². The first-order valence-corrected chi connectivity index (χ1v) is 9.15. The van der Waals surface area contributed by atoms with Gasteiger partial charge in [0, 0.05) is 13.1 Å². The molecule has 1 N–H and O–H groups in total. The fourth-order valence-electron chi connectivity index (χ4n) is 3.82. The number of nitrogens with one attached hydrogen (secondary N) is 1. The van der Waals surface area contributed by atoms with Gasteiger partial charge in [0.05, 0.1) is 29.2 Å². The molecule has 0 radical (unpaired) electrons. The molecule has 8 heteroatoms. The van der Waals surface area contributed by atoms with Crippen molar-refractivity contribution in [2.24, 2.45) is 0 Å². The number of ether oxygens (including phenoxy) is 1. The topological polar surface area (TPSA) is 61.5 Å². The summed E-state index contributed by atoms with van der Waals surface area (Å²) in [5.41, 5.74) is 0.701. The van der Waals surface area contributed by atoms with Crippen molar-refractivity contribution in [1.82, 2.24) is 19.8 Å². The number of amides is 1. The maximum Gasteiger partial charge on any atom is 0.410 e. The number of hydrogen-bond acceptors (Lipinski definition) is 4. The van der Waals surface area contributed by atoms with Crippen LogP contribution in [0.4, 0.5) is 9.18 Å². The number of aromatic nitrogens is 2. The second-order valence-electron chi connectivity index (χ2n) is 8.09. The predicted molar refractivity (Wildman–Crippen MR) is 96.6 cm³/mol. The van der Waals surface area contributed by atoms with E-state index in [0.717, 1.165) is 25.3 Å². The van der Waals surface area contributed by atoms with Gasteiger partial charge in [-0.05, 0) is 39.3 Å². The number of carbonyl (C=O) groups excluding carboxylic acids is 1. The van der Waals surface area contributed by atoms with E-state index in [1.807, 2.05) is 25.7 Å². The molecule has 2 atom stereocenters. The third-order valence-electron chi connectivity index (χ3n) is 4.80. The first-order valence-electron chi connectivity index (χ1n) is 8.77. The van der Waals surface area contributed by atoms with E-state index in [1.54, 1.807) is 0 Å². The van der Waals surface area contributed by atoms with Crippen LogP contribution in [-0.4, -0.2) is 56.6 Å². The van der Waals surface area contributed by atoms with Crippen molar-refractivity contribution >= 4 is 28.7 Å². The molecule has 2 unspecified atom stereocenters. The number of carbonyl (C=O) groups is 1. The Balaban J connectivity index is 1.42. The summed E-state index contributed by atoms with van der Waals surface area (Å²) in [6.45, 7) is 7.79. The number of aromatic amines is 1. The van der Waals surface area contributed by atoms with Crippen molar-refractivity contribution < 1.29 is 13.9 Å². The quantitative estimate of drug-likeness (QED) is 0.865. The van der Waals surface area contributed by atoms with Crippen LogP contribution >= 0.6 is 11.6 Å². The Hall–Kier alpha value is -1.86. The lowest BCUT2D eigenvalue weighted by Crippen LogP contribution is -2.70. The fourth-order valence-corrected chi connectivity index (χ4v) is 4.07. The summed E-state index contributed by atoms with van der Waals surface area (Å²) >= 11 is 6.06. The van der Waals surface area contributed by atoms with Crippen molar-refractivity contribution in [3.8, 4) is 0 Å². The van der Waals surface area contributed by atoms with Gasteiger partial charge in [-0.25, -0.2) is 14.2 Å². The molecule has 4 heterocycles. The Bertz CT molecular complexity index is 851. The average molecular weight is 381 g/mol. The van der Waals surface area contributed by atoms with E-state index in [0.29, 0.717) is 22.6 Å². The van der Waals surface area contributed by atoms with E-state index in [9.17, 15) is 9.18 Å². The lowest BCUT2D eigenvalue weighted by molar-refractivity contribution is -0.0785. The minimum absolute atomic E-state index is 0.175. The van der Waals surface area contributed by atoms with Gasteiger partial charge in [-0.3, -0.25) is 9.80 Å². The molecule has 0 saturated carbocycles. The number of hydrogen-bond donors (Lipinski definition) is 1. The molecule has 3 aliphatic heterocycles. The van der Waals surface area contributed by atoms with Crippen LogP contribution < -0.4 is 0 Å². The predicted octanol–water partition coefficient (Wildman–Crippen LogP) is 3.55. The summed E-state index contributed by atoms with van der Waals surface area (Å²) in [4.78, 5) is 24.1. The molecule has 3 aliphatic rings. The summed E-state index contributed by atoms with van der Waals surface area (Å²) < 4.78 is 19.0. The van der Waals surface area contributed by atoms with Crippen molar-refractivity contribution in [2.75, 3.05) is 13.1 Å². The lowest BCUT2D eigenvalue weighted by Gasteiger charge is -2.55. The Kier molecular flexibility index (Phi) is 4.11. The van der Waals surface area contributed by atoms with Gasteiger partial charge in [0.2, 0.25) is 0 Å². The van der Waals surface area contributed by atoms with Gasteiger partial charge >= 0.3 is 6.09 Å². The van der Waals surface area contributed by atoms with Crippen molar-refractivity contribution in [2.45, 2.75) is 51.4 Å². The number of halogens is 2. The number of piperazine rings is 1. The molecule has 3 saturated heterocycles. The molecule has 6 nitrogen and oxygen atoms in total. The van der Waals surface area contributed by atoms with Crippen LogP contribution in [0.2, 0.25) is 5.02 Å². The summed E-state index contributed by atoms with van der Waals surface area (Å²) in [7, 11) is 0. The SMILES string of the molecule is CC(C)(C)OC(=O)N1C2CC1CN(Cc1nc3c(Cl)cc(F)cc3[nH]1)C2. The van der Waals surface area contributed by atoms with Crippen LogP contribution in [0.1, 0.15) is 33.0 Å². The molecule has 1 aromatic heterocycles. The Morgan fingerprint density at radius 1 is 1.38 bits per heavy atom. The van der Waals surface area contributed by atoms with Gasteiger partial charge in [0.15, 0.2) is 0 Å². The molecule has 0 spiro atoms. The van der Waals surface area contributed by atoms with Crippen molar-refractivity contribution in [3.63, 3.8) is 0 Å². The number of piperidine rings is 1. The zero-order valence-corrected chi connectivity index (χ0v) is 15.8. The molecular formula is C18H22ClFN4O2. The van der Waals surface area contributed by atoms with Crippen molar-refractivity contribution in [1.29, 1.82) is 0 Å². The van der Waals surface area contributed by atoms with Gasteiger partial charge in [-0.15, -0.1) is 0 Å². The smallest absolute Gasteiger partial charge is 0.410 e. The number of benzene rings is 1. The largest absolute Gasteiger partial charge is 0.444 e. The van der Waals surface area contributed by atoms with E-state index in [2.05, 4.69) is 14.9 Å². The van der Waals surface area contributed by atoms with Crippen LogP contribution in [0.5, 0.6) is 0 Å². The van der Waals surface area contributed by atoms with E-state index in [4.69, 9.17) is 16.3 Å². The van der Waals surface area contributed by atoms with E-state index in [-0.39, 0.29) is 24.0 Å². The number of fused-ring (bicyclic) bond motifs is 3. The van der Waals surface area contributed by atoms with Crippen LogP contribution in [0, 0.1) is 5.82 Å². The first kappa shape index (κ1) is 17.5. The molecule has 2 bridgehead atoms. The number of rotatable bonds is 2. The minimum Gasteiger partial charge on any atom is -0.444 e. The molecule has 3 fully saturated rings. The lowest BCUT2D eigenvalue weighted by atomic mass is 9.88. The third-order valence-corrected chi connectivity index (χ3v) is 5.09. The van der Waals surface area contributed by atoms with E-state index >= 15 is 0 Å². The summed E-state index contributed by atoms with van der Waals surface area (Å²) in [6.07, 6.45) is 0.775. The van der Waals surface area contributed by atoms with Gasteiger partial charge in [0.1, 0.15) is 22.8 Å². The maximum atomic E-state index is 13.5. The monoisotopic (exact) mass is 380 g/mol. The van der Waals surface area contributed by atoms with Crippen LogP contribution in [0.25, 0.3) is 11.0 Å². The second kappa shape index (κ2) is 6.09. The number of H-pyrrole nitrogens is 1. The third kappa shape index (κ3) is 3.25. The minimum atomic E-state index is -0.483. The summed E-state index contributed by atoms with van der Waals surface area (Å²) in [5.74, 6) is 0.363. The molecule has 1 amide bonds. The zero-order chi connectivity index (χ0) is 18.6. The Labute approximate surface area is 156 Å². The molecular weight excluding hydrogens is 359 g/mol. The molecule has 140 valence electrons. The van der Waals surface area contributed by atoms with Crippen LogP contribution in [0.15, 0.2) is 12.1 Å². The highest BCUT2D eigenvalue weighted by Crippen LogP contribution is 2.34. The normalized spacial score (nSPS) is 23.2. The summed E-state index contributed by atoms with van der Waals surface area (Å²) in [5, 5.41) is 0.306. The highest BCUT2D eigenvalue weighted by atomic mass is 35.5. The van der Waals surface area contributed by atoms with Crippen LogP contribution in [0.3, 0.4) is 0 Å². The van der Waals surface area contributed by atoms with Gasteiger partial charge in [-0.2, -0.15) is 0 Å². The van der Waals surface area contributed by atoms with Crippen molar-refractivity contribution in [3.05, 3.63) is 28.8 Å². The van der Waals surface area contributed by atoms with Crippen LogP contribution in [-0.2, 0) is 11.3 Å². The zero-order valence-electron chi connectivity index (χ0n) is 15.1. The molecule has 2 aromatic rings. The van der Waals surface area contributed by atoms with E-state index < -0.39 is 5.60 Å². The Morgan fingerprint density at radius 3 is 2.73 bits per heavy atom. The molecule has 26 heavy (non-hydrogen) atoms. The first-order chi connectivity index (χ1) is 12.2. The number of imidazole rings is 1. The summed E-state index contributed by atoms with van der Waals surface area (Å²) in [6, 6.07) is 3.02. The Morgan fingerprint density at radius 2 is 2.08 bits per heavy atom. The highest BCUT2D eigenvalue weighted by Gasteiger charge is 2.48. The fraction of sp³-hybridized carbons (Fsp3) is 0.556. The highest BCUT2D eigenvalue weighted by molar-refractivity contribution is 6.34. The standard InChI is InChI=1S/C18H22ClFN4O2/c1-18(2,3)26-17(25)24-11-6-12(24)8-23(7-11)9-15-21-14-5-10(20)4-13(19)16(14)22-15/h4-5,11-12H,6-9H2,1-3H3,(H,21,22). The second-order valence-corrected chi connectivity index (χ2v) is 8.50. The van der Waals surface area contributed by atoms with E-state index in [1.165, 1.54) is 12.1 Å². The molecule has 1 aromatic carbocycles. The molecule has 5 rings (SSSR count). The van der Waals surface area contributed by atoms with Gasteiger partial charge in [-0.1, -0.05) is 11.6 Å². The molecule has 0 aliphatic carbocycles. The average Bonchev–Trinajstić information content (AvgIpc) is 2.87. The van der Waals surface area contributed by atoms with Gasteiger partial charge < -0.3 is 9.72 Å². The number of nitrogens with zero attached hydrogens (tertiary/aromatic N) is 3.